The van der Waals surface area contributed by atoms with E-state index in [9.17, 15) is 10.2 Å². The fourth-order valence-electron chi connectivity index (χ4n) is 7.30. The van der Waals surface area contributed by atoms with E-state index in [0.29, 0.717) is 23.3 Å². The molecule has 0 amide bonds. The van der Waals surface area contributed by atoms with E-state index in [1.54, 1.807) is 24.3 Å². The number of hydrogen-bond donors (Lipinski definition) is 3. The van der Waals surface area contributed by atoms with E-state index >= 15 is 0 Å². The third-order valence-electron chi connectivity index (χ3n) is 11.1. The van der Waals surface area contributed by atoms with E-state index < -0.39 is 0 Å². The first-order valence-electron chi connectivity index (χ1n) is 25.1. The summed E-state index contributed by atoms with van der Waals surface area (Å²) >= 11 is 0. The molecule has 3 N–H and O–H groups in total. The fourth-order valence-corrected chi connectivity index (χ4v) is 7.30. The summed E-state index contributed by atoms with van der Waals surface area (Å²) in [7, 11) is 0. The quantitative estimate of drug-likeness (QED) is 0.127. The maximum Gasteiger partial charge on any atom is 0.131 e. The standard InChI is InChI=1S/C19H17N.C18H14O2.2C13H14O.2C2H6/c1-3-7-16(8-4-1)15-17-11-13-19(14-12-17)20-18-9-5-2-6-10-18;1-3-8-15(9-4-1)19-17-12-7-13-18(14-17)20-16-10-5-2-6-11-16;2*1-9(2)10-3-4-12-8-13(14)6-5-11(12)7-10;2*1-2/h1-14,20H,15H2;1-14H;2*3-9,14H,1-2H3;2*1-2H3. The molecule has 5 nitrogen and oxygen atoms in total. The van der Waals surface area contributed by atoms with Crippen LogP contribution in [0.2, 0.25) is 0 Å². The Labute approximate surface area is 429 Å². The zero-order valence-corrected chi connectivity index (χ0v) is 43.2. The summed E-state index contributed by atoms with van der Waals surface area (Å²) < 4.78 is 11.6. The number of fused-ring (bicyclic) bond motifs is 2. The second-order valence-electron chi connectivity index (χ2n) is 17.0. The Hall–Kier alpha value is -8.28. The van der Waals surface area contributed by atoms with Crippen molar-refractivity contribution in [2.45, 2.75) is 73.6 Å². The molecule has 0 aromatic heterocycles. The molecule has 0 radical (unpaired) electrons. The third-order valence-corrected chi connectivity index (χ3v) is 11.1. The predicted molar refractivity (Wildman–Crippen MR) is 307 cm³/mol. The molecule has 10 aromatic carbocycles. The van der Waals surface area contributed by atoms with Gasteiger partial charge in [0.2, 0.25) is 0 Å². The summed E-state index contributed by atoms with van der Waals surface area (Å²) in [5, 5.41) is 26.6. The Bertz CT molecular complexity index is 2860. The Morgan fingerprint density at radius 1 is 0.333 bits per heavy atom. The highest BCUT2D eigenvalue weighted by molar-refractivity contribution is 5.85. The summed E-state index contributed by atoms with van der Waals surface area (Å²) in [5.41, 5.74) is 7.58. The first kappa shape index (κ1) is 54.7. The van der Waals surface area contributed by atoms with Crippen LogP contribution >= 0.6 is 0 Å². The normalized spacial score (nSPS) is 10.1. The van der Waals surface area contributed by atoms with E-state index in [1.165, 1.54) is 33.0 Å². The molecule has 0 atom stereocenters. The van der Waals surface area contributed by atoms with E-state index in [-0.39, 0.29) is 0 Å². The van der Waals surface area contributed by atoms with Gasteiger partial charge in [-0.05, 0) is 147 Å². The largest absolute Gasteiger partial charge is 0.508 e. The molecule has 0 bridgehead atoms. The van der Waals surface area contributed by atoms with Gasteiger partial charge < -0.3 is 25.0 Å². The zero-order valence-electron chi connectivity index (χ0n) is 43.2. The molecule has 10 rings (SSSR count). The molecule has 0 saturated carbocycles. The highest BCUT2D eigenvalue weighted by Gasteiger charge is 2.04. The molecule has 0 unspecified atom stereocenters. The van der Waals surface area contributed by atoms with Gasteiger partial charge >= 0.3 is 0 Å². The molecule has 0 fully saturated rings. The number of anilines is 2. The van der Waals surface area contributed by atoms with Gasteiger partial charge in [0.1, 0.15) is 34.5 Å². The number of benzene rings is 10. The minimum Gasteiger partial charge on any atom is -0.508 e. The van der Waals surface area contributed by atoms with Crippen molar-refractivity contribution in [3.8, 4) is 34.5 Å². The van der Waals surface area contributed by atoms with Crippen molar-refractivity contribution in [2.24, 2.45) is 0 Å². The van der Waals surface area contributed by atoms with Gasteiger partial charge in [-0.25, -0.2) is 0 Å². The predicted octanol–water partition coefficient (Wildman–Crippen LogP) is 19.7. The van der Waals surface area contributed by atoms with Crippen molar-refractivity contribution in [3.63, 3.8) is 0 Å². The van der Waals surface area contributed by atoms with Crippen LogP contribution in [0.15, 0.2) is 243 Å². The lowest BCUT2D eigenvalue weighted by molar-refractivity contribution is 0.460. The molecule has 368 valence electrons. The van der Waals surface area contributed by atoms with Gasteiger partial charge in [0, 0.05) is 17.4 Å². The lowest BCUT2D eigenvalue weighted by atomic mass is 9.99. The van der Waals surface area contributed by atoms with Gasteiger partial charge in [-0.15, -0.1) is 0 Å². The van der Waals surface area contributed by atoms with Crippen LogP contribution in [0.3, 0.4) is 0 Å². The van der Waals surface area contributed by atoms with Gasteiger partial charge in [-0.3, -0.25) is 0 Å². The summed E-state index contributed by atoms with van der Waals surface area (Å²) in [6.07, 6.45) is 0.979. The van der Waals surface area contributed by atoms with Gasteiger partial charge in [-0.2, -0.15) is 0 Å². The first-order chi connectivity index (χ1) is 35.1. The molecule has 0 aliphatic heterocycles. The number of phenolic OH excluding ortho intramolecular Hbond substituents is 2. The molecule has 10 aromatic rings. The topological polar surface area (TPSA) is 71.0 Å². The van der Waals surface area contributed by atoms with Crippen molar-refractivity contribution in [1.29, 1.82) is 0 Å². The Morgan fingerprint density at radius 3 is 1.11 bits per heavy atom. The summed E-state index contributed by atoms with van der Waals surface area (Å²) in [6, 6.07) is 80.0. The smallest absolute Gasteiger partial charge is 0.131 e. The van der Waals surface area contributed by atoms with Crippen LogP contribution in [0, 0.1) is 0 Å². The van der Waals surface area contributed by atoms with E-state index in [4.69, 9.17) is 9.47 Å². The number of rotatable bonds is 10. The molecule has 5 heteroatoms. The Morgan fingerprint density at radius 2 is 0.681 bits per heavy atom. The number of para-hydroxylation sites is 3. The van der Waals surface area contributed by atoms with E-state index in [1.807, 2.05) is 143 Å². The van der Waals surface area contributed by atoms with Crippen molar-refractivity contribution < 1.29 is 19.7 Å². The molecule has 0 aliphatic rings. The average Bonchev–Trinajstić information content (AvgIpc) is 3.42. The van der Waals surface area contributed by atoms with E-state index in [2.05, 4.69) is 136 Å². The van der Waals surface area contributed by atoms with Crippen molar-refractivity contribution in [2.75, 3.05) is 5.32 Å². The second-order valence-corrected chi connectivity index (χ2v) is 17.0. The molecule has 0 heterocycles. The van der Waals surface area contributed by atoms with Gasteiger partial charge in [-0.1, -0.05) is 207 Å². The van der Waals surface area contributed by atoms with Gasteiger partial charge in [0.25, 0.3) is 0 Å². The SMILES string of the molecule is CC.CC.CC(C)c1ccc2cc(O)ccc2c1.CC(C)c1ccc2cc(O)ccc2c1.c1ccc(Cc2ccc(Nc3ccccc3)cc2)cc1.c1ccc(Oc2cccc(Oc3ccccc3)c2)cc1. The number of aromatic hydroxyl groups is 2. The van der Waals surface area contributed by atoms with Crippen molar-refractivity contribution in [1.82, 2.24) is 0 Å². The lowest BCUT2D eigenvalue weighted by Crippen LogP contribution is -1.91. The van der Waals surface area contributed by atoms with Crippen LogP contribution in [-0.4, -0.2) is 10.2 Å². The molecule has 0 spiro atoms. The molecular formula is C67H71NO4. The van der Waals surface area contributed by atoms with Crippen molar-refractivity contribution in [3.05, 3.63) is 265 Å². The molecular weight excluding hydrogens is 883 g/mol. The van der Waals surface area contributed by atoms with Crippen LogP contribution in [0.5, 0.6) is 34.5 Å². The molecule has 0 saturated heterocycles. The third kappa shape index (κ3) is 18.2. The van der Waals surface area contributed by atoms with Crippen molar-refractivity contribution >= 4 is 32.9 Å². The highest BCUT2D eigenvalue weighted by atomic mass is 16.5. The van der Waals surface area contributed by atoms with Crippen LogP contribution in [0.4, 0.5) is 11.4 Å². The summed E-state index contributed by atoms with van der Waals surface area (Å²) in [6.45, 7) is 16.7. The Balaban J connectivity index is 0.000000176. The highest BCUT2D eigenvalue weighted by Crippen LogP contribution is 2.29. The number of ether oxygens (including phenoxy) is 2. The van der Waals surface area contributed by atoms with E-state index in [0.717, 1.165) is 51.6 Å². The minimum atomic E-state index is 0.329. The zero-order chi connectivity index (χ0) is 51.5. The summed E-state index contributed by atoms with van der Waals surface area (Å²) in [5.74, 6) is 4.88. The number of phenols is 2. The number of nitrogens with one attached hydrogen (secondary N) is 1. The van der Waals surface area contributed by atoms with Gasteiger partial charge in [0.05, 0.1) is 0 Å². The van der Waals surface area contributed by atoms with Crippen LogP contribution in [-0.2, 0) is 6.42 Å². The lowest BCUT2D eigenvalue weighted by Gasteiger charge is -2.08. The molecule has 0 aliphatic carbocycles. The van der Waals surface area contributed by atoms with Crippen LogP contribution in [0.25, 0.3) is 21.5 Å². The first-order valence-corrected chi connectivity index (χ1v) is 25.1. The summed E-state index contributed by atoms with van der Waals surface area (Å²) in [4.78, 5) is 0. The Kier molecular flexibility index (Phi) is 22.5. The van der Waals surface area contributed by atoms with Crippen LogP contribution < -0.4 is 14.8 Å². The fraction of sp³-hybridized carbons (Fsp3) is 0.164. The maximum atomic E-state index is 9.31. The molecule has 72 heavy (non-hydrogen) atoms. The average molecular weight is 954 g/mol. The number of hydrogen-bond acceptors (Lipinski definition) is 5. The van der Waals surface area contributed by atoms with Crippen LogP contribution in [0.1, 0.15) is 89.5 Å². The van der Waals surface area contributed by atoms with Gasteiger partial charge in [0.15, 0.2) is 0 Å². The minimum absolute atomic E-state index is 0.329. The second kappa shape index (κ2) is 29.7. The monoisotopic (exact) mass is 954 g/mol. The maximum absolute atomic E-state index is 9.31.